The fraction of sp³-hybridized carbons (Fsp3) is 0.176. The van der Waals surface area contributed by atoms with Crippen molar-refractivity contribution < 1.29 is 14.3 Å². The number of benzene rings is 1. The van der Waals surface area contributed by atoms with Crippen molar-refractivity contribution in [2.75, 3.05) is 19.5 Å². The average molecular weight is 343 g/mol. The Balaban J connectivity index is 1.92. The second-order valence-electron chi connectivity index (χ2n) is 5.14. The summed E-state index contributed by atoms with van der Waals surface area (Å²) >= 11 is 1.58. The fourth-order valence-corrected chi connectivity index (χ4v) is 2.95. The molecule has 124 valence electrons. The molecule has 2 heterocycles. The molecule has 0 fully saturated rings. The zero-order valence-electron chi connectivity index (χ0n) is 13.5. The van der Waals surface area contributed by atoms with Gasteiger partial charge in [0.05, 0.1) is 25.6 Å². The first-order valence-corrected chi connectivity index (χ1v) is 8.18. The van der Waals surface area contributed by atoms with Crippen molar-refractivity contribution in [3.8, 4) is 22.8 Å². The lowest BCUT2D eigenvalue weighted by molar-refractivity contribution is 0.102. The minimum Gasteiger partial charge on any atom is -0.497 e. The Labute approximate surface area is 143 Å². The molecule has 0 aliphatic heterocycles. The Morgan fingerprint density at radius 1 is 1.21 bits per heavy atom. The second kappa shape index (κ2) is 6.76. The van der Waals surface area contributed by atoms with Gasteiger partial charge in [0.1, 0.15) is 17.2 Å². The highest BCUT2D eigenvalue weighted by Gasteiger charge is 2.17. The quantitative estimate of drug-likeness (QED) is 0.740. The van der Waals surface area contributed by atoms with Gasteiger partial charge in [0.25, 0.3) is 5.91 Å². The summed E-state index contributed by atoms with van der Waals surface area (Å²) in [5.74, 6) is 0.858. The molecule has 3 rings (SSSR count). The van der Waals surface area contributed by atoms with Crippen LogP contribution in [-0.2, 0) is 0 Å². The second-order valence-corrected chi connectivity index (χ2v) is 5.92. The molecule has 0 aliphatic carbocycles. The highest BCUT2D eigenvalue weighted by molar-refractivity contribution is 7.08. The van der Waals surface area contributed by atoms with Crippen LogP contribution in [0.15, 0.2) is 35.0 Å². The van der Waals surface area contributed by atoms with Crippen molar-refractivity contribution in [1.82, 2.24) is 10.2 Å². The van der Waals surface area contributed by atoms with Crippen molar-refractivity contribution in [3.63, 3.8) is 0 Å². The predicted molar refractivity (Wildman–Crippen MR) is 94.1 cm³/mol. The van der Waals surface area contributed by atoms with Gasteiger partial charge in [-0.3, -0.25) is 9.89 Å². The van der Waals surface area contributed by atoms with Crippen LogP contribution in [0.25, 0.3) is 11.3 Å². The van der Waals surface area contributed by atoms with E-state index in [4.69, 9.17) is 9.47 Å². The smallest absolute Gasteiger partial charge is 0.256 e. The fourth-order valence-electron chi connectivity index (χ4n) is 2.31. The number of methoxy groups -OCH3 is 2. The van der Waals surface area contributed by atoms with Crippen molar-refractivity contribution in [1.29, 1.82) is 0 Å². The molecule has 24 heavy (non-hydrogen) atoms. The SMILES string of the molecule is COc1cc(OC)cc(C(=O)Nc2c(-c3ccsc3)n[nH]c2C)c1. The van der Waals surface area contributed by atoms with Gasteiger partial charge in [-0.15, -0.1) is 0 Å². The molecule has 2 aromatic heterocycles. The van der Waals surface area contributed by atoms with Crippen LogP contribution in [0.3, 0.4) is 0 Å². The van der Waals surface area contributed by atoms with Gasteiger partial charge in [-0.1, -0.05) is 0 Å². The van der Waals surface area contributed by atoms with E-state index in [9.17, 15) is 4.79 Å². The minimum absolute atomic E-state index is 0.256. The number of hydrogen-bond donors (Lipinski definition) is 2. The Hall–Kier alpha value is -2.80. The summed E-state index contributed by atoms with van der Waals surface area (Å²) in [5, 5.41) is 14.1. The number of ether oxygens (including phenoxy) is 2. The van der Waals surface area contributed by atoms with Crippen molar-refractivity contribution in [2.24, 2.45) is 0 Å². The molecule has 0 aliphatic rings. The zero-order chi connectivity index (χ0) is 17.1. The summed E-state index contributed by atoms with van der Waals surface area (Å²) in [6.45, 7) is 1.87. The number of aryl methyl sites for hydroxylation is 1. The molecule has 0 saturated carbocycles. The highest BCUT2D eigenvalue weighted by Crippen LogP contribution is 2.31. The number of carbonyl (C=O) groups excluding carboxylic acids is 1. The number of anilines is 1. The van der Waals surface area contributed by atoms with E-state index in [0.29, 0.717) is 22.7 Å². The van der Waals surface area contributed by atoms with E-state index in [1.54, 1.807) is 43.8 Å². The minimum atomic E-state index is -0.256. The van der Waals surface area contributed by atoms with E-state index in [0.717, 1.165) is 17.0 Å². The van der Waals surface area contributed by atoms with E-state index in [1.165, 1.54) is 0 Å². The summed E-state index contributed by atoms with van der Waals surface area (Å²) in [7, 11) is 3.09. The predicted octanol–water partition coefficient (Wildman–Crippen LogP) is 3.72. The Morgan fingerprint density at radius 2 is 1.92 bits per heavy atom. The maximum atomic E-state index is 12.7. The lowest BCUT2D eigenvalue weighted by atomic mass is 10.1. The first-order chi connectivity index (χ1) is 11.6. The Bertz CT molecular complexity index is 834. The van der Waals surface area contributed by atoms with Gasteiger partial charge >= 0.3 is 0 Å². The van der Waals surface area contributed by atoms with Gasteiger partial charge < -0.3 is 14.8 Å². The number of H-pyrrole nitrogens is 1. The number of aromatic amines is 1. The van der Waals surface area contributed by atoms with E-state index in [1.807, 2.05) is 23.8 Å². The molecule has 0 saturated heterocycles. The molecule has 6 nitrogen and oxygen atoms in total. The van der Waals surface area contributed by atoms with Gasteiger partial charge in [-0.25, -0.2) is 0 Å². The largest absolute Gasteiger partial charge is 0.497 e. The molecule has 2 N–H and O–H groups in total. The van der Waals surface area contributed by atoms with E-state index in [-0.39, 0.29) is 5.91 Å². The molecule has 7 heteroatoms. The third-order valence-corrected chi connectivity index (χ3v) is 4.28. The van der Waals surface area contributed by atoms with Crippen LogP contribution >= 0.6 is 11.3 Å². The number of thiophene rings is 1. The zero-order valence-corrected chi connectivity index (χ0v) is 14.4. The van der Waals surface area contributed by atoms with Crippen LogP contribution in [0.5, 0.6) is 11.5 Å². The molecule has 1 amide bonds. The first-order valence-electron chi connectivity index (χ1n) is 7.24. The molecule has 1 aromatic carbocycles. The van der Waals surface area contributed by atoms with E-state index < -0.39 is 0 Å². The molecular weight excluding hydrogens is 326 g/mol. The maximum Gasteiger partial charge on any atom is 0.256 e. The number of rotatable bonds is 5. The summed E-state index contributed by atoms with van der Waals surface area (Å²) in [5.41, 5.74) is 3.59. The van der Waals surface area contributed by atoms with Gasteiger partial charge in [-0.2, -0.15) is 16.4 Å². The highest BCUT2D eigenvalue weighted by atomic mass is 32.1. The lowest BCUT2D eigenvalue weighted by Crippen LogP contribution is -2.13. The van der Waals surface area contributed by atoms with Crippen LogP contribution in [0.2, 0.25) is 0 Å². The number of nitrogens with zero attached hydrogens (tertiary/aromatic N) is 1. The number of hydrogen-bond acceptors (Lipinski definition) is 5. The number of amides is 1. The van der Waals surface area contributed by atoms with Crippen LogP contribution in [-0.4, -0.2) is 30.3 Å². The molecule has 0 unspecified atom stereocenters. The summed E-state index contributed by atoms with van der Waals surface area (Å²) in [6.07, 6.45) is 0. The van der Waals surface area contributed by atoms with Gasteiger partial charge in [-0.05, 0) is 30.5 Å². The van der Waals surface area contributed by atoms with Gasteiger partial charge in [0.15, 0.2) is 0 Å². The summed E-state index contributed by atoms with van der Waals surface area (Å²) in [6, 6.07) is 7.01. The van der Waals surface area contributed by atoms with Crippen molar-refractivity contribution >= 4 is 22.9 Å². The molecule has 0 atom stereocenters. The molecule has 0 bridgehead atoms. The summed E-state index contributed by atoms with van der Waals surface area (Å²) in [4.78, 5) is 12.7. The van der Waals surface area contributed by atoms with Crippen molar-refractivity contribution in [2.45, 2.75) is 6.92 Å². The van der Waals surface area contributed by atoms with E-state index in [2.05, 4.69) is 15.5 Å². The topological polar surface area (TPSA) is 76.2 Å². The lowest BCUT2D eigenvalue weighted by Gasteiger charge is -2.10. The molecule has 0 spiro atoms. The van der Waals surface area contributed by atoms with Crippen LogP contribution in [0.4, 0.5) is 5.69 Å². The summed E-state index contributed by atoms with van der Waals surface area (Å²) < 4.78 is 10.4. The van der Waals surface area contributed by atoms with Gasteiger partial charge in [0.2, 0.25) is 0 Å². The van der Waals surface area contributed by atoms with E-state index >= 15 is 0 Å². The number of nitrogens with one attached hydrogen (secondary N) is 2. The number of carbonyl (C=O) groups is 1. The molecule has 3 aromatic rings. The third-order valence-electron chi connectivity index (χ3n) is 3.59. The third kappa shape index (κ3) is 3.11. The monoisotopic (exact) mass is 343 g/mol. The maximum absolute atomic E-state index is 12.7. The van der Waals surface area contributed by atoms with Crippen LogP contribution < -0.4 is 14.8 Å². The number of aromatic nitrogens is 2. The molecule has 0 radical (unpaired) electrons. The first kappa shape index (κ1) is 16.1. The Kier molecular flexibility index (Phi) is 4.52. The average Bonchev–Trinajstić information content (AvgIpc) is 3.25. The van der Waals surface area contributed by atoms with Crippen molar-refractivity contribution in [3.05, 3.63) is 46.3 Å². The molecular formula is C17H17N3O3S. The standard InChI is InChI=1S/C17H17N3O3S/c1-10-15(16(20-19-10)11-4-5-24-9-11)18-17(21)12-6-13(22-2)8-14(7-12)23-3/h4-9H,1-3H3,(H,18,21)(H,19,20). The van der Waals surface area contributed by atoms with Crippen LogP contribution in [0.1, 0.15) is 16.1 Å². The normalized spacial score (nSPS) is 10.5. The van der Waals surface area contributed by atoms with Crippen LogP contribution in [0, 0.1) is 6.92 Å². The van der Waals surface area contributed by atoms with Gasteiger partial charge in [0, 0.05) is 22.6 Å². The Morgan fingerprint density at radius 3 is 2.50 bits per heavy atom.